The number of amides is 2. The van der Waals surface area contributed by atoms with Crippen LogP contribution in [0.2, 0.25) is 0 Å². The summed E-state index contributed by atoms with van der Waals surface area (Å²) in [5, 5.41) is 5.99. The molecule has 0 aromatic heterocycles. The zero-order chi connectivity index (χ0) is 16.1. The van der Waals surface area contributed by atoms with Crippen LogP contribution in [-0.2, 0) is 4.79 Å². The molecule has 2 amide bonds. The van der Waals surface area contributed by atoms with Crippen molar-refractivity contribution < 1.29 is 14.0 Å². The Kier molecular flexibility index (Phi) is 5.83. The Labute approximate surface area is 134 Å². The minimum atomic E-state index is -0.549. The lowest BCUT2D eigenvalue weighted by atomic mass is 9.94. The van der Waals surface area contributed by atoms with Crippen molar-refractivity contribution in [2.75, 3.05) is 11.6 Å². The number of thioether (sulfide) groups is 1. The number of anilines is 1. The molecular formula is C16H21FN2O2S. The van der Waals surface area contributed by atoms with Crippen LogP contribution in [0.4, 0.5) is 10.1 Å². The van der Waals surface area contributed by atoms with Crippen LogP contribution in [0.15, 0.2) is 18.2 Å². The molecule has 4 nitrogen and oxygen atoms in total. The van der Waals surface area contributed by atoms with Crippen molar-refractivity contribution in [3.63, 3.8) is 0 Å². The third-order valence-electron chi connectivity index (χ3n) is 3.83. The fourth-order valence-electron chi connectivity index (χ4n) is 2.71. The molecule has 2 N–H and O–H groups in total. The topological polar surface area (TPSA) is 58.2 Å². The quantitative estimate of drug-likeness (QED) is 0.894. The van der Waals surface area contributed by atoms with Crippen LogP contribution in [0.3, 0.4) is 0 Å². The highest BCUT2D eigenvalue weighted by molar-refractivity contribution is 7.99. The Morgan fingerprint density at radius 3 is 2.77 bits per heavy atom. The third kappa shape index (κ3) is 4.47. The molecule has 120 valence electrons. The van der Waals surface area contributed by atoms with E-state index in [0.29, 0.717) is 10.8 Å². The SMILES string of the molecule is CSC1CCCC(NC(=O)c2ccc(F)c(NC(C)=O)c2)C1. The largest absolute Gasteiger partial charge is 0.349 e. The molecule has 0 radical (unpaired) electrons. The number of nitrogens with one attached hydrogen (secondary N) is 2. The molecule has 0 heterocycles. The molecule has 6 heteroatoms. The lowest BCUT2D eigenvalue weighted by Crippen LogP contribution is -2.39. The number of carbonyl (C=O) groups excluding carboxylic acids is 2. The molecule has 2 rings (SSSR count). The zero-order valence-corrected chi connectivity index (χ0v) is 13.6. The highest BCUT2D eigenvalue weighted by Gasteiger charge is 2.23. The average molecular weight is 324 g/mol. The maximum absolute atomic E-state index is 13.6. The lowest BCUT2D eigenvalue weighted by molar-refractivity contribution is -0.114. The van der Waals surface area contributed by atoms with Gasteiger partial charge in [-0.25, -0.2) is 4.39 Å². The fraction of sp³-hybridized carbons (Fsp3) is 0.500. The van der Waals surface area contributed by atoms with Gasteiger partial charge in [-0.1, -0.05) is 6.42 Å². The van der Waals surface area contributed by atoms with Crippen LogP contribution >= 0.6 is 11.8 Å². The predicted octanol–water partition coefficient (Wildman–Crippen LogP) is 3.19. The van der Waals surface area contributed by atoms with Crippen LogP contribution < -0.4 is 10.6 Å². The molecule has 1 aliphatic carbocycles. The summed E-state index contributed by atoms with van der Waals surface area (Å²) in [4.78, 5) is 23.4. The van der Waals surface area contributed by atoms with Gasteiger partial charge in [0.25, 0.3) is 5.91 Å². The molecule has 1 saturated carbocycles. The third-order valence-corrected chi connectivity index (χ3v) is 4.93. The van der Waals surface area contributed by atoms with E-state index in [-0.39, 0.29) is 23.5 Å². The molecule has 2 atom stereocenters. The number of halogens is 1. The van der Waals surface area contributed by atoms with E-state index >= 15 is 0 Å². The van der Waals surface area contributed by atoms with E-state index in [1.165, 1.54) is 31.5 Å². The Morgan fingerprint density at radius 1 is 1.32 bits per heavy atom. The van der Waals surface area contributed by atoms with Gasteiger partial charge in [-0.3, -0.25) is 9.59 Å². The van der Waals surface area contributed by atoms with Gasteiger partial charge in [-0.15, -0.1) is 0 Å². The summed E-state index contributed by atoms with van der Waals surface area (Å²) in [6, 6.07) is 4.17. The van der Waals surface area contributed by atoms with E-state index in [9.17, 15) is 14.0 Å². The van der Waals surface area contributed by atoms with Crippen LogP contribution in [0.1, 0.15) is 43.0 Å². The maximum atomic E-state index is 13.6. The van der Waals surface area contributed by atoms with Crippen molar-refractivity contribution in [3.8, 4) is 0 Å². The molecule has 22 heavy (non-hydrogen) atoms. The number of hydrogen-bond donors (Lipinski definition) is 2. The van der Waals surface area contributed by atoms with Gasteiger partial charge in [0.1, 0.15) is 5.82 Å². The summed E-state index contributed by atoms with van der Waals surface area (Å²) in [7, 11) is 0. The molecule has 1 aromatic carbocycles. The number of rotatable bonds is 4. The van der Waals surface area contributed by atoms with Gasteiger partial charge in [0, 0.05) is 23.8 Å². The highest BCUT2D eigenvalue weighted by atomic mass is 32.2. The monoisotopic (exact) mass is 324 g/mol. The first kappa shape index (κ1) is 16.8. The normalized spacial score (nSPS) is 21.2. The molecule has 0 spiro atoms. The average Bonchev–Trinajstić information content (AvgIpc) is 2.49. The van der Waals surface area contributed by atoms with Crippen molar-refractivity contribution in [3.05, 3.63) is 29.6 Å². The molecular weight excluding hydrogens is 303 g/mol. The first-order valence-corrected chi connectivity index (χ1v) is 8.69. The van der Waals surface area contributed by atoms with Gasteiger partial charge < -0.3 is 10.6 Å². The van der Waals surface area contributed by atoms with E-state index in [1.807, 2.05) is 11.8 Å². The van der Waals surface area contributed by atoms with Crippen molar-refractivity contribution >= 4 is 29.3 Å². The summed E-state index contributed by atoms with van der Waals surface area (Å²) >= 11 is 1.84. The van der Waals surface area contributed by atoms with Crippen LogP contribution in [0.25, 0.3) is 0 Å². The second-order valence-electron chi connectivity index (χ2n) is 5.57. The van der Waals surface area contributed by atoms with E-state index in [1.54, 1.807) is 0 Å². The standard InChI is InChI=1S/C16H21FN2O2S/c1-10(20)18-15-8-11(6-7-14(15)17)16(21)19-12-4-3-5-13(9-12)22-2/h6-8,12-13H,3-5,9H2,1-2H3,(H,18,20)(H,19,21). The number of hydrogen-bond acceptors (Lipinski definition) is 3. The van der Waals surface area contributed by atoms with E-state index in [4.69, 9.17) is 0 Å². The zero-order valence-electron chi connectivity index (χ0n) is 12.8. The van der Waals surface area contributed by atoms with E-state index < -0.39 is 5.82 Å². The molecule has 2 unspecified atom stereocenters. The summed E-state index contributed by atoms with van der Waals surface area (Å²) in [6.45, 7) is 1.30. The van der Waals surface area contributed by atoms with Crippen LogP contribution in [-0.4, -0.2) is 29.4 Å². The van der Waals surface area contributed by atoms with Gasteiger partial charge in [0.05, 0.1) is 5.69 Å². The molecule has 0 bridgehead atoms. The predicted molar refractivity (Wildman–Crippen MR) is 87.7 cm³/mol. The van der Waals surface area contributed by atoms with Gasteiger partial charge in [-0.2, -0.15) is 11.8 Å². The van der Waals surface area contributed by atoms with Crippen molar-refractivity contribution in [1.29, 1.82) is 0 Å². The van der Waals surface area contributed by atoms with Crippen molar-refractivity contribution in [2.45, 2.75) is 43.9 Å². The van der Waals surface area contributed by atoms with E-state index in [0.717, 1.165) is 19.3 Å². The molecule has 1 aliphatic rings. The molecule has 0 aliphatic heterocycles. The molecule has 1 aromatic rings. The van der Waals surface area contributed by atoms with Gasteiger partial charge in [0.15, 0.2) is 0 Å². The van der Waals surface area contributed by atoms with Crippen molar-refractivity contribution in [2.24, 2.45) is 0 Å². The second kappa shape index (κ2) is 7.63. The highest BCUT2D eigenvalue weighted by Crippen LogP contribution is 2.27. The minimum absolute atomic E-state index is 0.0331. The number of benzene rings is 1. The lowest BCUT2D eigenvalue weighted by Gasteiger charge is -2.28. The van der Waals surface area contributed by atoms with Gasteiger partial charge >= 0.3 is 0 Å². The summed E-state index contributed by atoms with van der Waals surface area (Å²) in [6.07, 6.45) is 6.33. The van der Waals surface area contributed by atoms with Crippen LogP contribution in [0.5, 0.6) is 0 Å². The van der Waals surface area contributed by atoms with Crippen LogP contribution in [0, 0.1) is 5.82 Å². The fourth-order valence-corrected chi connectivity index (χ4v) is 3.54. The Balaban J connectivity index is 2.04. The first-order chi connectivity index (χ1) is 10.5. The molecule has 0 saturated heterocycles. The smallest absolute Gasteiger partial charge is 0.251 e. The number of carbonyl (C=O) groups is 2. The first-order valence-electron chi connectivity index (χ1n) is 7.40. The van der Waals surface area contributed by atoms with E-state index in [2.05, 4.69) is 16.9 Å². The van der Waals surface area contributed by atoms with Gasteiger partial charge in [0.2, 0.25) is 5.91 Å². The Bertz CT molecular complexity index is 565. The second-order valence-corrected chi connectivity index (χ2v) is 6.71. The summed E-state index contributed by atoms with van der Waals surface area (Å²) in [5.41, 5.74) is 0.391. The summed E-state index contributed by atoms with van der Waals surface area (Å²) < 4.78 is 13.6. The Hall–Kier alpha value is -1.56. The van der Waals surface area contributed by atoms with Crippen molar-refractivity contribution in [1.82, 2.24) is 5.32 Å². The molecule has 1 fully saturated rings. The Morgan fingerprint density at radius 2 is 2.09 bits per heavy atom. The summed E-state index contributed by atoms with van der Waals surface area (Å²) in [5.74, 6) is -1.14. The minimum Gasteiger partial charge on any atom is -0.349 e. The van der Waals surface area contributed by atoms with Gasteiger partial charge in [-0.05, 0) is 43.7 Å². The maximum Gasteiger partial charge on any atom is 0.251 e.